The number of rotatable bonds is 10. The van der Waals surface area contributed by atoms with Gasteiger partial charge in [0.15, 0.2) is 5.96 Å². The summed E-state index contributed by atoms with van der Waals surface area (Å²) in [7, 11) is 0. The van der Waals surface area contributed by atoms with E-state index in [1.54, 1.807) is 11.3 Å². The van der Waals surface area contributed by atoms with Crippen molar-refractivity contribution in [3.05, 3.63) is 16.1 Å². The molecule has 130 valence electrons. The van der Waals surface area contributed by atoms with Gasteiger partial charge in [-0.3, -0.25) is 0 Å². The molecule has 1 aromatic rings. The van der Waals surface area contributed by atoms with E-state index in [1.165, 1.54) is 17.7 Å². The van der Waals surface area contributed by atoms with Crippen LogP contribution in [0.3, 0.4) is 0 Å². The molecule has 1 saturated carbocycles. The van der Waals surface area contributed by atoms with Gasteiger partial charge in [0.1, 0.15) is 5.01 Å². The van der Waals surface area contributed by atoms with E-state index in [9.17, 15) is 0 Å². The molecule has 0 aliphatic heterocycles. The van der Waals surface area contributed by atoms with Crippen molar-refractivity contribution < 1.29 is 4.74 Å². The Morgan fingerprint density at radius 2 is 2.17 bits per heavy atom. The fourth-order valence-corrected chi connectivity index (χ4v) is 3.26. The van der Waals surface area contributed by atoms with Crippen molar-refractivity contribution in [3.63, 3.8) is 0 Å². The van der Waals surface area contributed by atoms with Gasteiger partial charge < -0.3 is 15.4 Å². The second kappa shape index (κ2) is 9.23. The maximum atomic E-state index is 5.50. The van der Waals surface area contributed by atoms with Crippen LogP contribution in [0.15, 0.2) is 11.2 Å². The molecule has 5 nitrogen and oxygen atoms in total. The summed E-state index contributed by atoms with van der Waals surface area (Å²) in [4.78, 5) is 10.4. The molecular weight excluding hydrogens is 308 g/mol. The van der Waals surface area contributed by atoms with Gasteiger partial charge in [0.05, 0.1) is 6.54 Å². The number of thiazole rings is 1. The van der Waals surface area contributed by atoms with Crippen LogP contribution in [0.4, 0.5) is 0 Å². The first-order chi connectivity index (χ1) is 11.2. The molecule has 0 spiro atoms. The maximum absolute atomic E-state index is 5.50. The molecule has 6 heteroatoms. The topological polar surface area (TPSA) is 58.5 Å². The Labute approximate surface area is 144 Å². The van der Waals surface area contributed by atoms with E-state index in [0.29, 0.717) is 12.0 Å². The van der Waals surface area contributed by atoms with Crippen LogP contribution in [0.5, 0.6) is 0 Å². The highest BCUT2D eigenvalue weighted by Gasteiger charge is 2.41. The number of hydrogen-bond acceptors (Lipinski definition) is 4. The maximum Gasteiger partial charge on any atom is 0.191 e. The zero-order valence-corrected chi connectivity index (χ0v) is 15.5. The lowest BCUT2D eigenvalue weighted by atomic mass is 10.0. The molecule has 1 aliphatic carbocycles. The predicted octanol–water partition coefficient (Wildman–Crippen LogP) is 2.97. The summed E-state index contributed by atoms with van der Waals surface area (Å²) < 4.78 is 5.50. The van der Waals surface area contributed by atoms with Crippen LogP contribution >= 0.6 is 11.3 Å². The number of aliphatic imine (C=N–C) groups is 1. The van der Waals surface area contributed by atoms with E-state index in [4.69, 9.17) is 4.74 Å². The fourth-order valence-electron chi connectivity index (χ4n) is 2.47. The van der Waals surface area contributed by atoms with Gasteiger partial charge in [0.2, 0.25) is 0 Å². The Morgan fingerprint density at radius 1 is 1.35 bits per heavy atom. The van der Waals surface area contributed by atoms with Crippen LogP contribution < -0.4 is 10.6 Å². The number of ether oxygens (including phenoxy) is 1. The van der Waals surface area contributed by atoms with Gasteiger partial charge in [-0.2, -0.15) is 0 Å². The highest BCUT2D eigenvalue weighted by Crippen LogP contribution is 2.48. The minimum Gasteiger partial charge on any atom is -0.382 e. The highest BCUT2D eigenvalue weighted by molar-refractivity contribution is 7.11. The molecule has 1 fully saturated rings. The van der Waals surface area contributed by atoms with E-state index < -0.39 is 0 Å². The second-order valence-electron chi connectivity index (χ2n) is 6.07. The van der Waals surface area contributed by atoms with Gasteiger partial charge in [-0.1, -0.05) is 6.92 Å². The Hall–Kier alpha value is -1.14. The molecule has 0 unspecified atom stereocenters. The van der Waals surface area contributed by atoms with Crippen molar-refractivity contribution >= 4 is 17.3 Å². The van der Waals surface area contributed by atoms with E-state index in [2.05, 4.69) is 41.4 Å². The summed E-state index contributed by atoms with van der Waals surface area (Å²) in [5, 5.41) is 7.91. The van der Waals surface area contributed by atoms with Crippen molar-refractivity contribution in [3.8, 4) is 0 Å². The van der Waals surface area contributed by atoms with Gasteiger partial charge in [0, 0.05) is 37.4 Å². The van der Waals surface area contributed by atoms with Crippen molar-refractivity contribution in [2.45, 2.75) is 53.0 Å². The highest BCUT2D eigenvalue weighted by atomic mass is 32.1. The molecule has 1 aliphatic rings. The minimum absolute atomic E-state index is 0.419. The average molecular weight is 339 g/mol. The summed E-state index contributed by atoms with van der Waals surface area (Å²) in [5.74, 6) is 0.892. The Bertz CT molecular complexity index is 497. The molecule has 1 heterocycles. The van der Waals surface area contributed by atoms with Crippen LogP contribution in [0.25, 0.3) is 0 Å². The summed E-state index contributed by atoms with van der Waals surface area (Å²) in [6, 6.07) is 0. The van der Waals surface area contributed by atoms with Crippen LogP contribution in [0.2, 0.25) is 0 Å². The Balaban J connectivity index is 1.82. The Morgan fingerprint density at radius 3 is 2.78 bits per heavy atom. The molecule has 0 radical (unpaired) electrons. The summed E-state index contributed by atoms with van der Waals surface area (Å²) >= 11 is 1.75. The van der Waals surface area contributed by atoms with E-state index >= 15 is 0 Å². The number of nitrogens with one attached hydrogen (secondary N) is 2. The molecular formula is C17H30N4OS. The van der Waals surface area contributed by atoms with E-state index in [1.807, 2.05) is 6.20 Å². The lowest BCUT2D eigenvalue weighted by molar-refractivity contribution is 0.128. The first-order valence-corrected chi connectivity index (χ1v) is 9.56. The second-order valence-corrected chi connectivity index (χ2v) is 7.27. The number of aryl methyl sites for hydroxylation is 1. The first-order valence-electron chi connectivity index (χ1n) is 8.75. The summed E-state index contributed by atoms with van der Waals surface area (Å²) in [5.41, 5.74) is 0.419. The first kappa shape index (κ1) is 18.2. The molecule has 0 atom stereocenters. The Kier molecular flexibility index (Phi) is 7.30. The van der Waals surface area contributed by atoms with Crippen LogP contribution in [-0.4, -0.2) is 37.2 Å². The number of aromatic nitrogens is 1. The number of hydrogen-bond donors (Lipinski definition) is 2. The lowest BCUT2D eigenvalue weighted by Crippen LogP contribution is -2.40. The monoisotopic (exact) mass is 338 g/mol. The van der Waals surface area contributed by atoms with Gasteiger partial charge in [-0.05, 0) is 44.9 Å². The lowest BCUT2D eigenvalue weighted by Gasteiger charge is -2.18. The predicted molar refractivity (Wildman–Crippen MR) is 97.1 cm³/mol. The van der Waals surface area contributed by atoms with Crippen LogP contribution in [-0.2, 0) is 17.7 Å². The van der Waals surface area contributed by atoms with E-state index in [0.717, 1.165) is 50.1 Å². The van der Waals surface area contributed by atoms with Crippen LogP contribution in [0, 0.1) is 5.41 Å². The SMILES string of the molecule is CCNC(=NCc1ncc(CC)s1)NCC1(CCOCC)CC1. The molecule has 23 heavy (non-hydrogen) atoms. The van der Waals surface area contributed by atoms with Gasteiger partial charge >= 0.3 is 0 Å². The van der Waals surface area contributed by atoms with Crippen LogP contribution in [0.1, 0.15) is 49.9 Å². The fraction of sp³-hybridized carbons (Fsp3) is 0.765. The van der Waals surface area contributed by atoms with Gasteiger partial charge in [-0.25, -0.2) is 9.98 Å². The summed E-state index contributed by atoms with van der Waals surface area (Å²) in [6.07, 6.45) is 6.72. The third-order valence-electron chi connectivity index (χ3n) is 4.24. The quantitative estimate of drug-likeness (QED) is 0.391. The molecule has 0 amide bonds. The van der Waals surface area contributed by atoms with Crippen molar-refractivity contribution in [2.75, 3.05) is 26.3 Å². The zero-order chi connectivity index (χ0) is 16.5. The van der Waals surface area contributed by atoms with Crippen molar-refractivity contribution in [2.24, 2.45) is 10.4 Å². The molecule has 0 saturated heterocycles. The number of nitrogens with zero attached hydrogens (tertiary/aromatic N) is 2. The normalized spacial score (nSPS) is 16.4. The van der Waals surface area contributed by atoms with Gasteiger partial charge in [0.25, 0.3) is 0 Å². The summed E-state index contributed by atoms with van der Waals surface area (Å²) in [6.45, 7) is 10.5. The molecule has 0 bridgehead atoms. The van der Waals surface area contributed by atoms with Crippen molar-refractivity contribution in [1.29, 1.82) is 0 Å². The van der Waals surface area contributed by atoms with Crippen molar-refractivity contribution in [1.82, 2.24) is 15.6 Å². The molecule has 0 aromatic carbocycles. The third-order valence-corrected chi connectivity index (χ3v) is 5.36. The zero-order valence-electron chi connectivity index (χ0n) is 14.7. The van der Waals surface area contributed by atoms with Gasteiger partial charge in [-0.15, -0.1) is 11.3 Å². The average Bonchev–Trinajstić information content (AvgIpc) is 3.18. The largest absolute Gasteiger partial charge is 0.382 e. The smallest absolute Gasteiger partial charge is 0.191 e. The third kappa shape index (κ3) is 6.11. The number of guanidine groups is 1. The minimum atomic E-state index is 0.419. The standard InChI is InChI=1S/C17H30N4OS/c1-4-14-11-19-15(23-14)12-20-16(18-5-2)21-13-17(7-8-17)9-10-22-6-3/h11H,4-10,12-13H2,1-3H3,(H2,18,20,21). The molecule has 2 N–H and O–H groups in total. The molecule has 1 aromatic heterocycles. The van der Waals surface area contributed by atoms with E-state index in [-0.39, 0.29) is 0 Å². The molecule has 2 rings (SSSR count).